The molecule has 1 atom stereocenters. The van der Waals surface area contributed by atoms with E-state index in [2.05, 4.69) is 5.32 Å². The number of amides is 2. The molecule has 0 spiro atoms. The zero-order valence-corrected chi connectivity index (χ0v) is 11.7. The highest BCUT2D eigenvalue weighted by Gasteiger charge is 2.21. The molecule has 1 aliphatic carbocycles. The topological polar surface area (TPSA) is 78.9 Å². The molecule has 0 aromatic heterocycles. The Morgan fingerprint density at radius 2 is 2.16 bits per heavy atom. The van der Waals surface area contributed by atoms with E-state index < -0.39 is 5.97 Å². The molecule has 1 saturated carbocycles. The molecule has 6 heteroatoms. The molecule has 6 nitrogen and oxygen atoms in total. The first-order valence-electron chi connectivity index (χ1n) is 6.84. The van der Waals surface area contributed by atoms with Gasteiger partial charge in [0.05, 0.1) is 13.0 Å². The molecule has 0 aromatic carbocycles. The van der Waals surface area contributed by atoms with E-state index in [9.17, 15) is 9.59 Å². The molecule has 0 aliphatic heterocycles. The lowest BCUT2D eigenvalue weighted by molar-refractivity contribution is -0.137. The number of hydrogen-bond donors (Lipinski definition) is 2. The van der Waals surface area contributed by atoms with E-state index in [0.29, 0.717) is 19.6 Å². The lowest BCUT2D eigenvalue weighted by atomic mass is 10.1. The van der Waals surface area contributed by atoms with Crippen LogP contribution in [0.4, 0.5) is 4.79 Å². The Bertz CT molecular complexity index is 305. The summed E-state index contributed by atoms with van der Waals surface area (Å²) in [7, 11) is 1.68. The van der Waals surface area contributed by atoms with Gasteiger partial charge < -0.3 is 20.1 Å². The Labute approximate surface area is 114 Å². The minimum absolute atomic E-state index is 0.0474. The fraction of sp³-hybridized carbons (Fsp3) is 0.846. The van der Waals surface area contributed by atoms with Crippen LogP contribution in [0.2, 0.25) is 0 Å². The standard InChI is InChI=1S/C13H24N2O4/c1-3-11(8-12(16)17)14-13(18)15(2)6-7-19-9-10-4-5-10/h10-11H,3-9H2,1-2H3,(H,14,18)(H,16,17). The van der Waals surface area contributed by atoms with E-state index in [0.717, 1.165) is 12.5 Å². The number of aliphatic carboxylic acids is 1. The first-order chi connectivity index (χ1) is 9.02. The number of likely N-dealkylation sites (N-methyl/N-ethyl adjacent to an activating group) is 1. The minimum atomic E-state index is -0.900. The number of carboxylic acid groups (broad SMARTS) is 1. The summed E-state index contributed by atoms with van der Waals surface area (Å²) in [6.45, 7) is 3.68. The molecule has 1 unspecified atom stereocenters. The summed E-state index contributed by atoms with van der Waals surface area (Å²) >= 11 is 0. The second kappa shape index (κ2) is 7.99. The summed E-state index contributed by atoms with van der Waals surface area (Å²) in [4.78, 5) is 23.9. The van der Waals surface area contributed by atoms with E-state index in [1.807, 2.05) is 6.92 Å². The quantitative estimate of drug-likeness (QED) is 0.620. The molecule has 0 heterocycles. The average molecular weight is 272 g/mol. The number of carboxylic acids is 1. The van der Waals surface area contributed by atoms with Crippen LogP contribution in [0.15, 0.2) is 0 Å². The number of nitrogens with one attached hydrogen (secondary N) is 1. The number of nitrogens with zero attached hydrogens (tertiary/aromatic N) is 1. The molecule has 0 saturated heterocycles. The van der Waals surface area contributed by atoms with Crippen molar-refractivity contribution >= 4 is 12.0 Å². The third-order valence-electron chi connectivity index (χ3n) is 3.21. The lowest BCUT2D eigenvalue weighted by Crippen LogP contribution is -2.44. The van der Waals surface area contributed by atoms with Crippen molar-refractivity contribution in [1.29, 1.82) is 0 Å². The second-order valence-corrected chi connectivity index (χ2v) is 5.09. The Hall–Kier alpha value is -1.30. The van der Waals surface area contributed by atoms with E-state index >= 15 is 0 Å². The van der Waals surface area contributed by atoms with Gasteiger partial charge in [0, 0.05) is 26.2 Å². The summed E-state index contributed by atoms with van der Waals surface area (Å²) in [5.41, 5.74) is 0. The largest absolute Gasteiger partial charge is 0.481 e. The van der Waals surface area contributed by atoms with Gasteiger partial charge in [0.2, 0.25) is 0 Å². The number of carbonyl (C=O) groups excluding carboxylic acids is 1. The van der Waals surface area contributed by atoms with Crippen LogP contribution in [-0.4, -0.2) is 54.9 Å². The highest BCUT2D eigenvalue weighted by molar-refractivity contribution is 5.75. The smallest absolute Gasteiger partial charge is 0.317 e. The van der Waals surface area contributed by atoms with Crippen molar-refractivity contribution in [2.24, 2.45) is 5.92 Å². The van der Waals surface area contributed by atoms with Crippen molar-refractivity contribution < 1.29 is 19.4 Å². The minimum Gasteiger partial charge on any atom is -0.481 e. The number of hydrogen-bond acceptors (Lipinski definition) is 3. The lowest BCUT2D eigenvalue weighted by Gasteiger charge is -2.22. The van der Waals surface area contributed by atoms with Crippen LogP contribution < -0.4 is 5.32 Å². The number of urea groups is 1. The van der Waals surface area contributed by atoms with Crippen molar-refractivity contribution in [2.75, 3.05) is 26.8 Å². The predicted molar refractivity (Wildman–Crippen MR) is 71.0 cm³/mol. The van der Waals surface area contributed by atoms with Gasteiger partial charge in [-0.15, -0.1) is 0 Å². The van der Waals surface area contributed by atoms with Crippen LogP contribution in [0.5, 0.6) is 0 Å². The molecule has 0 radical (unpaired) electrons. The number of ether oxygens (including phenoxy) is 1. The van der Waals surface area contributed by atoms with Gasteiger partial charge in [0.25, 0.3) is 0 Å². The van der Waals surface area contributed by atoms with Gasteiger partial charge in [-0.1, -0.05) is 6.92 Å². The average Bonchev–Trinajstić information content (AvgIpc) is 3.16. The summed E-state index contributed by atoms with van der Waals surface area (Å²) in [5.74, 6) is -0.179. The highest BCUT2D eigenvalue weighted by atomic mass is 16.5. The zero-order valence-electron chi connectivity index (χ0n) is 11.7. The van der Waals surface area contributed by atoms with Gasteiger partial charge in [0.15, 0.2) is 0 Å². The van der Waals surface area contributed by atoms with E-state index in [-0.39, 0.29) is 18.5 Å². The number of carbonyl (C=O) groups is 2. The Morgan fingerprint density at radius 1 is 1.47 bits per heavy atom. The molecule has 1 rings (SSSR count). The monoisotopic (exact) mass is 272 g/mol. The van der Waals surface area contributed by atoms with Crippen LogP contribution in [0, 0.1) is 5.92 Å². The van der Waals surface area contributed by atoms with Crippen LogP contribution >= 0.6 is 0 Å². The molecule has 2 amide bonds. The first-order valence-corrected chi connectivity index (χ1v) is 6.84. The van der Waals surface area contributed by atoms with Crippen LogP contribution in [0.3, 0.4) is 0 Å². The molecule has 2 N–H and O–H groups in total. The molecule has 110 valence electrons. The third kappa shape index (κ3) is 7.00. The Kier molecular flexibility index (Phi) is 6.62. The predicted octanol–water partition coefficient (Wildman–Crippen LogP) is 1.31. The summed E-state index contributed by atoms with van der Waals surface area (Å²) in [5, 5.41) is 11.4. The van der Waals surface area contributed by atoms with Gasteiger partial charge in [-0.2, -0.15) is 0 Å². The van der Waals surface area contributed by atoms with Crippen molar-refractivity contribution in [2.45, 2.75) is 38.6 Å². The zero-order chi connectivity index (χ0) is 14.3. The van der Waals surface area contributed by atoms with Crippen molar-refractivity contribution in [1.82, 2.24) is 10.2 Å². The van der Waals surface area contributed by atoms with E-state index in [4.69, 9.17) is 9.84 Å². The maximum Gasteiger partial charge on any atom is 0.317 e. The summed E-state index contributed by atoms with van der Waals surface area (Å²) < 4.78 is 5.46. The molecule has 0 aromatic rings. The number of rotatable bonds is 9. The molecular weight excluding hydrogens is 248 g/mol. The maximum absolute atomic E-state index is 11.8. The fourth-order valence-corrected chi connectivity index (χ4v) is 1.63. The van der Waals surface area contributed by atoms with E-state index in [1.165, 1.54) is 17.7 Å². The SMILES string of the molecule is CCC(CC(=O)O)NC(=O)N(C)CCOCC1CC1. The normalized spacial score (nSPS) is 15.9. The summed E-state index contributed by atoms with van der Waals surface area (Å²) in [6.07, 6.45) is 3.06. The highest BCUT2D eigenvalue weighted by Crippen LogP contribution is 2.28. The Morgan fingerprint density at radius 3 is 2.68 bits per heavy atom. The van der Waals surface area contributed by atoms with Gasteiger partial charge in [0.1, 0.15) is 0 Å². The second-order valence-electron chi connectivity index (χ2n) is 5.09. The fourth-order valence-electron chi connectivity index (χ4n) is 1.63. The molecule has 1 aliphatic rings. The van der Waals surface area contributed by atoms with Crippen molar-refractivity contribution in [3.8, 4) is 0 Å². The van der Waals surface area contributed by atoms with Crippen LogP contribution in [-0.2, 0) is 9.53 Å². The Balaban J connectivity index is 2.15. The van der Waals surface area contributed by atoms with Gasteiger partial charge in [-0.05, 0) is 25.2 Å². The summed E-state index contributed by atoms with van der Waals surface area (Å²) in [6, 6.07) is -0.567. The molecule has 19 heavy (non-hydrogen) atoms. The van der Waals surface area contributed by atoms with Gasteiger partial charge in [-0.3, -0.25) is 4.79 Å². The van der Waals surface area contributed by atoms with Crippen molar-refractivity contribution in [3.63, 3.8) is 0 Å². The third-order valence-corrected chi connectivity index (χ3v) is 3.21. The maximum atomic E-state index is 11.8. The first kappa shape index (κ1) is 15.8. The van der Waals surface area contributed by atoms with Gasteiger partial charge >= 0.3 is 12.0 Å². The van der Waals surface area contributed by atoms with E-state index in [1.54, 1.807) is 7.05 Å². The van der Waals surface area contributed by atoms with Crippen LogP contribution in [0.25, 0.3) is 0 Å². The molecule has 1 fully saturated rings. The van der Waals surface area contributed by atoms with Crippen molar-refractivity contribution in [3.05, 3.63) is 0 Å². The molecule has 0 bridgehead atoms. The van der Waals surface area contributed by atoms with Crippen LogP contribution in [0.1, 0.15) is 32.6 Å². The molecular formula is C13H24N2O4. The van der Waals surface area contributed by atoms with Gasteiger partial charge in [-0.25, -0.2) is 4.79 Å².